The molecule has 3 aliphatic rings. The Morgan fingerprint density at radius 3 is 2.60 bits per heavy atom. The third-order valence-electron chi connectivity index (χ3n) is 9.16. The number of anilines is 4. The van der Waals surface area contributed by atoms with Gasteiger partial charge in [-0.1, -0.05) is 0 Å². The van der Waals surface area contributed by atoms with Crippen molar-refractivity contribution in [2.75, 3.05) is 73.4 Å². The van der Waals surface area contributed by atoms with Gasteiger partial charge in [-0.05, 0) is 75.2 Å². The number of likely N-dealkylation sites (N-methyl/N-ethyl adjacent to an activating group) is 1. The summed E-state index contributed by atoms with van der Waals surface area (Å²) in [6, 6.07) is 11.2. The third kappa shape index (κ3) is 6.16. The second-order valence-corrected chi connectivity index (χ2v) is 12.1. The van der Waals surface area contributed by atoms with Gasteiger partial charge in [-0.25, -0.2) is 18.3 Å². The molecule has 0 aliphatic carbocycles. The summed E-state index contributed by atoms with van der Waals surface area (Å²) in [6.45, 7) is 5.88. The lowest BCUT2D eigenvalue weighted by atomic mass is 10.0. The molecule has 236 valence electrons. The number of ether oxygens (including phenoxy) is 1. The number of nitrogens with one attached hydrogen (secondary N) is 2. The number of halogens is 2. The highest BCUT2D eigenvalue weighted by Gasteiger charge is 2.30. The molecule has 2 aromatic carbocycles. The van der Waals surface area contributed by atoms with Crippen molar-refractivity contribution in [3.05, 3.63) is 77.6 Å². The summed E-state index contributed by atoms with van der Waals surface area (Å²) in [4.78, 5) is 25.4. The van der Waals surface area contributed by atoms with Crippen LogP contribution in [-0.2, 0) is 4.74 Å². The van der Waals surface area contributed by atoms with Gasteiger partial charge in [0.05, 0.1) is 17.8 Å². The van der Waals surface area contributed by atoms with Crippen molar-refractivity contribution in [2.24, 2.45) is 0 Å². The first-order chi connectivity index (χ1) is 21.9. The van der Waals surface area contributed by atoms with Crippen molar-refractivity contribution in [1.82, 2.24) is 19.5 Å². The van der Waals surface area contributed by atoms with Crippen LogP contribution in [0.1, 0.15) is 47.6 Å². The standard InChI is InChI=1S/C33H38F2N8O2/c1-40-13-15-41(16-14-40)24-5-6-25(28(20-24)37-23-9-17-45-18-10-23)33(44)38-29-21-36-43-12-8-31(39-32(29)43)42-11-2-3-30(42)26-19-22(34)4-7-27(26)35/h4-8,12,19-21,23,30,37H,2-3,9-11,13-18H2,1H3,(H,38,44)/t30-/m1/s1. The first-order valence-electron chi connectivity index (χ1n) is 15.7. The fraction of sp³-hybridized carbons (Fsp3) is 0.424. The minimum atomic E-state index is -0.468. The van der Waals surface area contributed by atoms with Gasteiger partial charge < -0.3 is 30.1 Å². The van der Waals surface area contributed by atoms with Gasteiger partial charge in [-0.2, -0.15) is 5.10 Å². The molecule has 1 amide bonds. The van der Waals surface area contributed by atoms with Gasteiger partial charge in [0.2, 0.25) is 0 Å². The lowest BCUT2D eigenvalue weighted by Gasteiger charge is -2.34. The summed E-state index contributed by atoms with van der Waals surface area (Å²) in [5, 5.41) is 11.1. The van der Waals surface area contributed by atoms with Gasteiger partial charge in [-0.3, -0.25) is 4.79 Å². The van der Waals surface area contributed by atoms with Gasteiger partial charge in [-0.15, -0.1) is 0 Å². The molecular weight excluding hydrogens is 578 g/mol. The number of hydrogen-bond acceptors (Lipinski definition) is 8. The quantitative estimate of drug-likeness (QED) is 0.302. The Labute approximate surface area is 261 Å². The van der Waals surface area contributed by atoms with Crippen molar-refractivity contribution in [2.45, 2.75) is 37.8 Å². The molecule has 7 rings (SSSR count). The number of amides is 1. The Hall–Kier alpha value is -4.29. The maximum atomic E-state index is 14.7. The predicted molar refractivity (Wildman–Crippen MR) is 170 cm³/mol. The molecular formula is C33H38F2N8O2. The van der Waals surface area contributed by atoms with E-state index in [-0.39, 0.29) is 18.0 Å². The monoisotopic (exact) mass is 616 g/mol. The second-order valence-electron chi connectivity index (χ2n) is 12.1. The topological polar surface area (TPSA) is 90.3 Å². The lowest BCUT2D eigenvalue weighted by molar-refractivity contribution is 0.0904. The molecule has 3 aliphatic heterocycles. The Balaban J connectivity index is 1.16. The van der Waals surface area contributed by atoms with Crippen molar-refractivity contribution >= 4 is 34.4 Å². The predicted octanol–water partition coefficient (Wildman–Crippen LogP) is 4.94. The molecule has 3 fully saturated rings. The van der Waals surface area contributed by atoms with Crippen LogP contribution in [0, 0.1) is 11.6 Å². The first kappa shape index (κ1) is 29.4. The van der Waals surface area contributed by atoms with Gasteiger partial charge in [0.1, 0.15) is 23.1 Å². The molecule has 0 saturated carbocycles. The van der Waals surface area contributed by atoms with Crippen LogP contribution in [0.3, 0.4) is 0 Å². The van der Waals surface area contributed by atoms with E-state index in [4.69, 9.17) is 9.72 Å². The Kier molecular flexibility index (Phi) is 8.24. The van der Waals surface area contributed by atoms with Crippen molar-refractivity contribution < 1.29 is 18.3 Å². The average Bonchev–Trinajstić information content (AvgIpc) is 3.70. The Morgan fingerprint density at radius 2 is 1.78 bits per heavy atom. The maximum Gasteiger partial charge on any atom is 0.257 e. The number of benzene rings is 2. The first-order valence-corrected chi connectivity index (χ1v) is 15.7. The molecule has 5 heterocycles. The molecule has 2 aromatic heterocycles. The van der Waals surface area contributed by atoms with Crippen LogP contribution >= 0.6 is 0 Å². The van der Waals surface area contributed by atoms with E-state index in [1.165, 1.54) is 12.1 Å². The van der Waals surface area contributed by atoms with Crippen LogP contribution in [0.25, 0.3) is 5.65 Å². The van der Waals surface area contributed by atoms with Crippen LogP contribution in [0.5, 0.6) is 0 Å². The highest BCUT2D eigenvalue weighted by atomic mass is 19.1. The molecule has 4 aromatic rings. The van der Waals surface area contributed by atoms with Crippen molar-refractivity contribution in [1.29, 1.82) is 0 Å². The summed E-state index contributed by atoms with van der Waals surface area (Å²) in [5.74, 6) is -0.555. The average molecular weight is 617 g/mol. The molecule has 12 heteroatoms. The fourth-order valence-corrected chi connectivity index (χ4v) is 6.60. The van der Waals surface area contributed by atoms with E-state index >= 15 is 0 Å². The summed E-state index contributed by atoms with van der Waals surface area (Å²) >= 11 is 0. The van der Waals surface area contributed by atoms with Gasteiger partial charge in [0.25, 0.3) is 5.91 Å². The Morgan fingerprint density at radius 1 is 0.956 bits per heavy atom. The second kappa shape index (κ2) is 12.6. The van der Waals surface area contributed by atoms with Crippen LogP contribution < -0.4 is 20.4 Å². The summed E-state index contributed by atoms with van der Waals surface area (Å²) in [6.07, 6.45) is 6.61. The van der Waals surface area contributed by atoms with E-state index in [9.17, 15) is 13.6 Å². The summed E-state index contributed by atoms with van der Waals surface area (Å²) in [7, 11) is 2.13. The number of piperazine rings is 1. The molecule has 10 nitrogen and oxygen atoms in total. The van der Waals surface area contributed by atoms with E-state index < -0.39 is 11.6 Å². The number of aromatic nitrogens is 3. The molecule has 0 radical (unpaired) electrons. The summed E-state index contributed by atoms with van der Waals surface area (Å²) < 4.78 is 35.9. The zero-order valence-electron chi connectivity index (χ0n) is 25.4. The lowest BCUT2D eigenvalue weighted by Crippen LogP contribution is -2.44. The minimum absolute atomic E-state index is 0.213. The largest absolute Gasteiger partial charge is 0.381 e. The SMILES string of the molecule is CN1CCN(c2ccc(C(=O)Nc3cnn4ccc(N5CCC[C@@H]5c5cc(F)ccc5F)nc34)c(NC3CCOCC3)c2)CC1. The molecule has 0 spiro atoms. The van der Waals surface area contributed by atoms with E-state index in [0.717, 1.165) is 62.9 Å². The summed E-state index contributed by atoms with van der Waals surface area (Å²) in [5.41, 5.74) is 3.68. The molecule has 3 saturated heterocycles. The van der Waals surface area contributed by atoms with Crippen molar-refractivity contribution in [3.63, 3.8) is 0 Å². The molecule has 0 bridgehead atoms. The number of carbonyl (C=O) groups is 1. The number of rotatable bonds is 7. The van der Waals surface area contributed by atoms with E-state index in [1.54, 1.807) is 16.9 Å². The minimum Gasteiger partial charge on any atom is -0.381 e. The van der Waals surface area contributed by atoms with Crippen LogP contribution in [0.15, 0.2) is 54.9 Å². The molecule has 1 atom stereocenters. The van der Waals surface area contributed by atoms with Crippen LogP contribution in [0.2, 0.25) is 0 Å². The van der Waals surface area contributed by atoms with Gasteiger partial charge in [0.15, 0.2) is 5.65 Å². The van der Waals surface area contributed by atoms with Gasteiger partial charge >= 0.3 is 0 Å². The highest BCUT2D eigenvalue weighted by molar-refractivity contribution is 6.09. The maximum absolute atomic E-state index is 14.7. The number of fused-ring (bicyclic) bond motifs is 1. The third-order valence-corrected chi connectivity index (χ3v) is 9.16. The molecule has 0 unspecified atom stereocenters. The highest BCUT2D eigenvalue weighted by Crippen LogP contribution is 2.37. The zero-order chi connectivity index (χ0) is 30.9. The van der Waals surface area contributed by atoms with Gasteiger partial charge in [0, 0.05) is 75.1 Å². The normalized spacial score (nSPS) is 19.8. The number of hydrogen-bond donors (Lipinski definition) is 2. The molecule has 45 heavy (non-hydrogen) atoms. The van der Waals surface area contributed by atoms with E-state index in [0.29, 0.717) is 54.5 Å². The van der Waals surface area contributed by atoms with Crippen molar-refractivity contribution in [3.8, 4) is 0 Å². The zero-order valence-corrected chi connectivity index (χ0v) is 25.4. The Bertz CT molecular complexity index is 1680. The van der Waals surface area contributed by atoms with E-state index in [1.807, 2.05) is 23.1 Å². The molecule has 2 N–H and O–H groups in total. The fourth-order valence-electron chi connectivity index (χ4n) is 6.60. The van der Waals surface area contributed by atoms with E-state index in [2.05, 4.69) is 38.6 Å². The van der Waals surface area contributed by atoms with Crippen LogP contribution in [-0.4, -0.2) is 84.4 Å². The number of carbonyl (C=O) groups excluding carboxylic acids is 1. The smallest absolute Gasteiger partial charge is 0.257 e. The van der Waals surface area contributed by atoms with Crippen LogP contribution in [0.4, 0.5) is 31.7 Å². The number of nitrogens with zero attached hydrogens (tertiary/aromatic N) is 6.